The van der Waals surface area contributed by atoms with E-state index in [0.29, 0.717) is 0 Å². The van der Waals surface area contributed by atoms with Gasteiger partial charge in [-0.15, -0.1) is 0 Å². The minimum atomic E-state index is -1.37. The summed E-state index contributed by atoms with van der Waals surface area (Å²) in [4.78, 5) is 21.5. The Balaban J connectivity index is 2.97. The Kier molecular flexibility index (Phi) is 3.66. The Hall–Kier alpha value is -1.84. The van der Waals surface area contributed by atoms with Crippen molar-refractivity contribution >= 4 is 11.9 Å². The molecule has 0 unspecified atom stereocenters. The zero-order valence-electron chi connectivity index (χ0n) is 9.23. The fourth-order valence-corrected chi connectivity index (χ4v) is 1.52. The smallest absolute Gasteiger partial charge is 0.318 e. The van der Waals surface area contributed by atoms with Crippen LogP contribution in [0.3, 0.4) is 0 Å². The van der Waals surface area contributed by atoms with Gasteiger partial charge in [-0.25, -0.2) is 0 Å². The van der Waals surface area contributed by atoms with Crippen LogP contribution < -0.4 is 0 Å². The van der Waals surface area contributed by atoms with Gasteiger partial charge >= 0.3 is 11.9 Å². The third-order valence-electron chi connectivity index (χ3n) is 2.52. The second-order valence-electron chi connectivity index (χ2n) is 3.86. The van der Waals surface area contributed by atoms with Crippen molar-refractivity contribution in [1.29, 1.82) is 0 Å². The summed E-state index contributed by atoms with van der Waals surface area (Å²) in [5.41, 5.74) is 2.68. The zero-order chi connectivity index (χ0) is 12.3. The quantitative estimate of drug-likeness (QED) is 0.759. The molecule has 0 aliphatic carbocycles. The molecule has 0 spiro atoms. The van der Waals surface area contributed by atoms with Crippen LogP contribution >= 0.6 is 0 Å². The SMILES string of the molecule is Cc1ccc(C)c(CC(C(=O)O)C(=O)O)c1. The largest absolute Gasteiger partial charge is 0.481 e. The Labute approximate surface area is 93.5 Å². The lowest BCUT2D eigenvalue weighted by molar-refractivity contribution is -0.154. The summed E-state index contributed by atoms with van der Waals surface area (Å²) in [6, 6.07) is 5.61. The normalized spacial score (nSPS) is 10.4. The van der Waals surface area contributed by atoms with Gasteiger partial charge in [0.1, 0.15) is 0 Å². The van der Waals surface area contributed by atoms with Gasteiger partial charge in [-0.05, 0) is 31.4 Å². The summed E-state index contributed by atoms with van der Waals surface area (Å²) in [5.74, 6) is -3.97. The fraction of sp³-hybridized carbons (Fsp3) is 0.333. The molecule has 0 saturated carbocycles. The van der Waals surface area contributed by atoms with Crippen molar-refractivity contribution in [3.05, 3.63) is 34.9 Å². The molecule has 0 bridgehead atoms. The van der Waals surface area contributed by atoms with E-state index in [9.17, 15) is 9.59 Å². The minimum Gasteiger partial charge on any atom is -0.481 e. The molecule has 16 heavy (non-hydrogen) atoms. The molecule has 1 aromatic carbocycles. The molecule has 1 rings (SSSR count). The molecule has 86 valence electrons. The van der Waals surface area contributed by atoms with Gasteiger partial charge in [-0.1, -0.05) is 23.8 Å². The van der Waals surface area contributed by atoms with E-state index in [0.717, 1.165) is 16.7 Å². The van der Waals surface area contributed by atoms with Crippen molar-refractivity contribution in [3.8, 4) is 0 Å². The average Bonchev–Trinajstić information content (AvgIpc) is 2.18. The van der Waals surface area contributed by atoms with Crippen molar-refractivity contribution in [2.75, 3.05) is 0 Å². The van der Waals surface area contributed by atoms with Crippen molar-refractivity contribution < 1.29 is 19.8 Å². The molecular formula is C12H14O4. The number of rotatable bonds is 4. The third-order valence-corrected chi connectivity index (χ3v) is 2.52. The van der Waals surface area contributed by atoms with Crippen LogP contribution in [-0.2, 0) is 16.0 Å². The van der Waals surface area contributed by atoms with E-state index >= 15 is 0 Å². The first kappa shape index (κ1) is 12.2. The van der Waals surface area contributed by atoms with Crippen LogP contribution in [0.2, 0.25) is 0 Å². The summed E-state index contributed by atoms with van der Waals surface area (Å²) in [6.07, 6.45) is 0.0260. The monoisotopic (exact) mass is 222 g/mol. The predicted molar refractivity (Wildman–Crippen MR) is 58.4 cm³/mol. The molecule has 0 saturated heterocycles. The zero-order valence-corrected chi connectivity index (χ0v) is 9.23. The number of benzene rings is 1. The van der Waals surface area contributed by atoms with Crippen molar-refractivity contribution in [1.82, 2.24) is 0 Å². The van der Waals surface area contributed by atoms with Crippen LogP contribution in [0.1, 0.15) is 16.7 Å². The van der Waals surface area contributed by atoms with Gasteiger partial charge in [0.15, 0.2) is 5.92 Å². The first-order valence-electron chi connectivity index (χ1n) is 4.93. The lowest BCUT2D eigenvalue weighted by Gasteiger charge is -2.10. The van der Waals surface area contributed by atoms with Gasteiger partial charge in [0, 0.05) is 0 Å². The Morgan fingerprint density at radius 2 is 1.75 bits per heavy atom. The average molecular weight is 222 g/mol. The maximum absolute atomic E-state index is 10.8. The predicted octanol–water partition coefficient (Wildman–Crippen LogP) is 1.63. The van der Waals surface area contributed by atoms with E-state index < -0.39 is 17.9 Å². The first-order valence-corrected chi connectivity index (χ1v) is 4.93. The summed E-state index contributed by atoms with van der Waals surface area (Å²) >= 11 is 0. The van der Waals surface area contributed by atoms with Crippen LogP contribution in [0, 0.1) is 19.8 Å². The van der Waals surface area contributed by atoms with Gasteiger partial charge in [0.05, 0.1) is 0 Å². The summed E-state index contributed by atoms with van der Waals surface area (Å²) in [5, 5.41) is 17.6. The third kappa shape index (κ3) is 2.82. The molecule has 2 N–H and O–H groups in total. The van der Waals surface area contributed by atoms with Gasteiger partial charge in [-0.2, -0.15) is 0 Å². The molecule has 0 amide bonds. The molecule has 0 aliphatic rings. The second-order valence-corrected chi connectivity index (χ2v) is 3.86. The van der Waals surface area contributed by atoms with Crippen molar-refractivity contribution in [2.45, 2.75) is 20.3 Å². The Morgan fingerprint density at radius 3 is 2.25 bits per heavy atom. The summed E-state index contributed by atoms with van der Waals surface area (Å²) in [6.45, 7) is 3.73. The molecule has 0 fully saturated rings. The van der Waals surface area contributed by atoms with Gasteiger partial charge in [0.25, 0.3) is 0 Å². The highest BCUT2D eigenvalue weighted by molar-refractivity contribution is 5.93. The van der Waals surface area contributed by atoms with E-state index in [-0.39, 0.29) is 6.42 Å². The highest BCUT2D eigenvalue weighted by atomic mass is 16.4. The van der Waals surface area contributed by atoms with Gasteiger partial charge in [-0.3, -0.25) is 9.59 Å². The number of hydrogen-bond acceptors (Lipinski definition) is 2. The lowest BCUT2D eigenvalue weighted by atomic mass is 9.95. The maximum atomic E-state index is 10.8. The molecule has 1 aromatic rings. The molecule has 0 aliphatic heterocycles. The molecule has 4 heteroatoms. The number of aryl methyl sites for hydroxylation is 2. The van der Waals surface area contributed by atoms with Crippen molar-refractivity contribution in [2.24, 2.45) is 5.92 Å². The number of carboxylic acids is 2. The highest BCUT2D eigenvalue weighted by Crippen LogP contribution is 2.16. The second kappa shape index (κ2) is 4.79. The van der Waals surface area contributed by atoms with E-state index in [2.05, 4.69) is 0 Å². The van der Waals surface area contributed by atoms with Gasteiger partial charge in [0.2, 0.25) is 0 Å². The first-order chi connectivity index (χ1) is 7.41. The van der Waals surface area contributed by atoms with E-state index in [1.165, 1.54) is 0 Å². The topological polar surface area (TPSA) is 74.6 Å². The lowest BCUT2D eigenvalue weighted by Crippen LogP contribution is -2.25. The van der Waals surface area contributed by atoms with E-state index in [4.69, 9.17) is 10.2 Å². The molecular weight excluding hydrogens is 208 g/mol. The van der Waals surface area contributed by atoms with Crippen LogP contribution in [0.5, 0.6) is 0 Å². The van der Waals surface area contributed by atoms with Gasteiger partial charge < -0.3 is 10.2 Å². The molecule has 0 aromatic heterocycles. The molecule has 0 heterocycles. The van der Waals surface area contributed by atoms with Crippen LogP contribution in [0.25, 0.3) is 0 Å². The standard InChI is InChI=1S/C12H14O4/c1-7-3-4-8(2)9(5-7)6-10(11(13)14)12(15)16/h3-5,10H,6H2,1-2H3,(H,13,14)(H,15,16). The maximum Gasteiger partial charge on any atom is 0.318 e. The summed E-state index contributed by atoms with van der Waals surface area (Å²) in [7, 11) is 0. The molecule has 0 radical (unpaired) electrons. The van der Waals surface area contributed by atoms with E-state index in [1.807, 2.05) is 32.0 Å². The number of aliphatic carboxylic acids is 2. The highest BCUT2D eigenvalue weighted by Gasteiger charge is 2.26. The number of carboxylic acid groups (broad SMARTS) is 2. The van der Waals surface area contributed by atoms with Crippen molar-refractivity contribution in [3.63, 3.8) is 0 Å². The Morgan fingerprint density at radius 1 is 1.19 bits per heavy atom. The minimum absolute atomic E-state index is 0.0260. The molecule has 4 nitrogen and oxygen atoms in total. The van der Waals surface area contributed by atoms with E-state index in [1.54, 1.807) is 0 Å². The molecule has 0 atom stereocenters. The Bertz CT molecular complexity index is 409. The van der Waals surface area contributed by atoms with Crippen LogP contribution in [-0.4, -0.2) is 22.2 Å². The summed E-state index contributed by atoms with van der Waals surface area (Å²) < 4.78 is 0. The fourth-order valence-electron chi connectivity index (χ4n) is 1.52. The number of carbonyl (C=O) groups is 2. The van der Waals surface area contributed by atoms with Crippen LogP contribution in [0.15, 0.2) is 18.2 Å². The number of hydrogen-bond donors (Lipinski definition) is 2. The van der Waals surface area contributed by atoms with Crippen LogP contribution in [0.4, 0.5) is 0 Å².